The molecule has 1 unspecified atom stereocenters. The fourth-order valence-corrected chi connectivity index (χ4v) is 2.87. The lowest BCUT2D eigenvalue weighted by atomic mass is 10.1. The highest BCUT2D eigenvalue weighted by molar-refractivity contribution is 6.11. The number of amides is 1. The lowest BCUT2D eigenvalue weighted by Gasteiger charge is -2.30. The maximum absolute atomic E-state index is 12.3. The van der Waals surface area contributed by atoms with E-state index >= 15 is 0 Å². The van der Waals surface area contributed by atoms with E-state index in [9.17, 15) is 9.59 Å². The number of rotatable bonds is 2. The van der Waals surface area contributed by atoms with Gasteiger partial charge in [-0.1, -0.05) is 12.0 Å². The van der Waals surface area contributed by atoms with Crippen molar-refractivity contribution in [3.8, 4) is 0 Å². The fraction of sp³-hybridized carbons (Fsp3) is 0.857. The minimum absolute atomic E-state index is 0.311. The van der Waals surface area contributed by atoms with Crippen molar-refractivity contribution in [3.05, 3.63) is 0 Å². The molecule has 1 saturated heterocycles. The normalized spacial score (nSPS) is 24.1. The van der Waals surface area contributed by atoms with Crippen molar-refractivity contribution in [3.63, 3.8) is 0 Å². The summed E-state index contributed by atoms with van der Waals surface area (Å²) in [6.07, 6.45) is 2.19. The van der Waals surface area contributed by atoms with Crippen molar-refractivity contribution in [2.75, 3.05) is 13.2 Å². The van der Waals surface area contributed by atoms with Gasteiger partial charge in [0.2, 0.25) is 0 Å². The smallest absolute Gasteiger partial charge is 0.411 e. The summed E-state index contributed by atoms with van der Waals surface area (Å²) in [6.45, 7) is 8.18. The van der Waals surface area contributed by atoms with Crippen molar-refractivity contribution < 1.29 is 19.1 Å². The second-order valence-corrected chi connectivity index (χ2v) is 8.05. The van der Waals surface area contributed by atoms with E-state index in [1.807, 2.05) is 20.8 Å². The lowest BCUT2D eigenvalue weighted by molar-refractivity contribution is -0.149. The van der Waals surface area contributed by atoms with Gasteiger partial charge in [-0.3, -0.25) is 4.90 Å². The van der Waals surface area contributed by atoms with E-state index in [0.717, 1.165) is 23.1 Å². The summed E-state index contributed by atoms with van der Waals surface area (Å²) in [5.41, 5.74) is 0.0857. The first-order valence-electron chi connectivity index (χ1n) is 7.41. The molecule has 1 fully saturated rings. The molecule has 1 heterocycles. The van der Waals surface area contributed by atoms with Crippen molar-refractivity contribution in [2.24, 2.45) is 0 Å². The zero-order valence-corrected chi connectivity index (χ0v) is 15.3. The van der Waals surface area contributed by atoms with Gasteiger partial charge in [-0.2, -0.15) is 0 Å². The SMILES string of the molecule is CCOC(=O)[C@H]1CCC([SiH3])CCN1C(=O)OC(C)(C)C. The Bertz CT molecular complexity index is 354. The highest BCUT2D eigenvalue weighted by atomic mass is 28.1. The van der Waals surface area contributed by atoms with Crippen LogP contribution >= 0.6 is 0 Å². The molecule has 20 heavy (non-hydrogen) atoms. The van der Waals surface area contributed by atoms with E-state index in [-0.39, 0.29) is 5.97 Å². The molecule has 0 aliphatic carbocycles. The van der Waals surface area contributed by atoms with Crippen molar-refractivity contribution >= 4 is 22.3 Å². The molecule has 1 aliphatic heterocycles. The predicted octanol–water partition coefficient (Wildman–Crippen LogP) is 1.49. The average Bonchev–Trinajstić information content (AvgIpc) is 2.49. The lowest BCUT2D eigenvalue weighted by Crippen LogP contribution is -2.47. The Kier molecular flexibility index (Phi) is 6.04. The van der Waals surface area contributed by atoms with Gasteiger partial charge in [-0.25, -0.2) is 9.59 Å². The molecule has 0 aromatic carbocycles. The van der Waals surface area contributed by atoms with Crippen LogP contribution in [0.15, 0.2) is 0 Å². The molecule has 1 rings (SSSR count). The number of nitrogens with zero attached hydrogens (tertiary/aromatic N) is 1. The first-order valence-corrected chi connectivity index (χ1v) is 8.56. The Balaban J connectivity index is 2.84. The summed E-state index contributed by atoms with van der Waals surface area (Å²) in [4.78, 5) is 25.9. The molecule has 1 aliphatic rings. The number of ether oxygens (including phenoxy) is 2. The second-order valence-electron chi connectivity index (χ2n) is 6.41. The van der Waals surface area contributed by atoms with Crippen LogP contribution in [0.4, 0.5) is 4.79 Å². The van der Waals surface area contributed by atoms with Crippen LogP contribution in [0.2, 0.25) is 5.54 Å². The number of carbonyl (C=O) groups is 2. The van der Waals surface area contributed by atoms with Gasteiger partial charge < -0.3 is 9.47 Å². The number of likely N-dealkylation sites (tertiary alicyclic amines) is 1. The third kappa shape index (κ3) is 5.15. The molecular weight excluding hydrogens is 274 g/mol. The molecule has 0 spiro atoms. The molecule has 0 saturated carbocycles. The van der Waals surface area contributed by atoms with E-state index in [1.165, 1.54) is 0 Å². The zero-order valence-electron chi connectivity index (χ0n) is 13.3. The van der Waals surface area contributed by atoms with Crippen LogP contribution in [-0.4, -0.2) is 52.0 Å². The van der Waals surface area contributed by atoms with Gasteiger partial charge in [-0.15, -0.1) is 0 Å². The van der Waals surface area contributed by atoms with Gasteiger partial charge in [0, 0.05) is 16.8 Å². The van der Waals surface area contributed by atoms with E-state index in [0.29, 0.717) is 25.1 Å². The van der Waals surface area contributed by atoms with Gasteiger partial charge in [0.1, 0.15) is 11.6 Å². The van der Waals surface area contributed by atoms with Gasteiger partial charge in [-0.05, 0) is 40.5 Å². The van der Waals surface area contributed by atoms with Crippen LogP contribution in [0.5, 0.6) is 0 Å². The molecular formula is C14H27NO4Si. The monoisotopic (exact) mass is 301 g/mol. The molecule has 5 nitrogen and oxygen atoms in total. The molecule has 6 heteroatoms. The molecule has 0 aromatic rings. The minimum atomic E-state index is -0.553. The van der Waals surface area contributed by atoms with Crippen molar-refractivity contribution in [1.82, 2.24) is 4.90 Å². The average molecular weight is 301 g/mol. The summed E-state index contributed by atoms with van der Waals surface area (Å²) in [5.74, 6) is -0.311. The summed E-state index contributed by atoms with van der Waals surface area (Å²) in [6, 6.07) is -0.497. The molecule has 116 valence electrons. The topological polar surface area (TPSA) is 55.8 Å². The molecule has 0 N–H and O–H groups in total. The van der Waals surface area contributed by atoms with Crippen molar-refractivity contribution in [2.45, 2.75) is 64.1 Å². The summed E-state index contributed by atoms with van der Waals surface area (Å²) < 4.78 is 10.5. The Hall–Kier alpha value is -1.04. The van der Waals surface area contributed by atoms with Crippen LogP contribution in [0.3, 0.4) is 0 Å². The first kappa shape index (κ1) is 17.0. The first-order chi connectivity index (χ1) is 9.24. The summed E-state index contributed by atoms with van der Waals surface area (Å²) in [7, 11) is 1.09. The summed E-state index contributed by atoms with van der Waals surface area (Å²) in [5, 5.41) is 0. The van der Waals surface area contributed by atoms with Crippen LogP contribution in [0.25, 0.3) is 0 Å². The van der Waals surface area contributed by atoms with E-state index < -0.39 is 17.7 Å². The van der Waals surface area contributed by atoms with Crippen LogP contribution in [-0.2, 0) is 14.3 Å². The molecule has 0 aromatic heterocycles. The zero-order chi connectivity index (χ0) is 15.3. The Morgan fingerprint density at radius 3 is 2.45 bits per heavy atom. The number of hydrogen-bond donors (Lipinski definition) is 0. The van der Waals surface area contributed by atoms with E-state index in [2.05, 4.69) is 0 Å². The quantitative estimate of drug-likeness (QED) is 0.573. The number of esters is 1. The second kappa shape index (κ2) is 7.11. The molecule has 2 atom stereocenters. The van der Waals surface area contributed by atoms with E-state index in [1.54, 1.807) is 11.8 Å². The summed E-state index contributed by atoms with van der Waals surface area (Å²) >= 11 is 0. The van der Waals surface area contributed by atoms with Crippen molar-refractivity contribution in [1.29, 1.82) is 0 Å². The maximum atomic E-state index is 12.3. The van der Waals surface area contributed by atoms with Gasteiger partial charge in [0.25, 0.3) is 0 Å². The Morgan fingerprint density at radius 1 is 1.25 bits per heavy atom. The molecule has 0 radical (unpaired) electrons. The highest BCUT2D eigenvalue weighted by Crippen LogP contribution is 2.26. The predicted molar refractivity (Wildman–Crippen MR) is 80.9 cm³/mol. The Morgan fingerprint density at radius 2 is 1.90 bits per heavy atom. The highest BCUT2D eigenvalue weighted by Gasteiger charge is 2.35. The largest absolute Gasteiger partial charge is 0.464 e. The molecule has 0 bridgehead atoms. The molecule has 1 amide bonds. The van der Waals surface area contributed by atoms with Gasteiger partial charge >= 0.3 is 12.1 Å². The van der Waals surface area contributed by atoms with E-state index in [4.69, 9.17) is 9.47 Å². The standard InChI is InChI=1S/C14H27NO4Si/c1-5-18-12(16)11-7-6-10(20)8-9-15(11)13(17)19-14(2,3)4/h10-11H,5-9H2,1-4,20H3/t10?,11-/m1/s1. The Labute approximate surface area is 124 Å². The minimum Gasteiger partial charge on any atom is -0.464 e. The van der Waals surface area contributed by atoms with Gasteiger partial charge in [0.15, 0.2) is 0 Å². The van der Waals surface area contributed by atoms with Crippen LogP contribution in [0.1, 0.15) is 47.0 Å². The van der Waals surface area contributed by atoms with Gasteiger partial charge in [0.05, 0.1) is 6.61 Å². The fourth-order valence-electron chi connectivity index (χ4n) is 2.28. The number of carbonyl (C=O) groups excluding carboxylic acids is 2. The third-order valence-corrected chi connectivity index (χ3v) is 4.51. The van der Waals surface area contributed by atoms with Crippen LogP contribution < -0.4 is 0 Å². The number of hydrogen-bond acceptors (Lipinski definition) is 4. The third-order valence-electron chi connectivity index (χ3n) is 3.36. The maximum Gasteiger partial charge on any atom is 0.411 e. The van der Waals surface area contributed by atoms with Crippen LogP contribution in [0, 0.1) is 0 Å².